The first-order chi connectivity index (χ1) is 13.8. The number of allylic oxidation sites excluding steroid dienone is 1. The van der Waals surface area contributed by atoms with Gasteiger partial charge < -0.3 is 4.74 Å². The molecule has 0 aliphatic heterocycles. The van der Waals surface area contributed by atoms with Crippen LogP contribution in [0.3, 0.4) is 0 Å². The van der Waals surface area contributed by atoms with Gasteiger partial charge in [-0.05, 0) is 80.1 Å². The zero-order chi connectivity index (χ0) is 21.1. The summed E-state index contributed by atoms with van der Waals surface area (Å²) in [6, 6.07) is 12.0. The molecule has 1 unspecified atom stereocenters. The van der Waals surface area contributed by atoms with E-state index in [0.717, 1.165) is 17.5 Å². The number of hydrogen-bond donors (Lipinski definition) is 0. The van der Waals surface area contributed by atoms with Gasteiger partial charge in [0, 0.05) is 5.02 Å². The molecule has 1 atom stereocenters. The average Bonchev–Trinajstić information content (AvgIpc) is 2.69. The lowest BCUT2D eigenvalue weighted by Crippen LogP contribution is -2.41. The van der Waals surface area contributed by atoms with Gasteiger partial charge in [-0.15, -0.1) is 0 Å². The maximum Gasteiger partial charge on any atom is 0.307 e. The van der Waals surface area contributed by atoms with Gasteiger partial charge in [0.2, 0.25) is 0 Å². The quantitative estimate of drug-likeness (QED) is 0.578. The third kappa shape index (κ3) is 4.12. The fraction of sp³-hybridized carbons (Fsp3) is 0.348. The number of sulfone groups is 1. The number of hydrogen-bond acceptors (Lipinski definition) is 4. The smallest absolute Gasteiger partial charge is 0.307 e. The molecule has 3 rings (SSSR count). The third-order valence-corrected chi connectivity index (χ3v) is 8.13. The predicted octanol–water partition coefficient (Wildman–Crippen LogP) is 5.33. The topological polar surface area (TPSA) is 60.4 Å². The highest BCUT2D eigenvalue weighted by Crippen LogP contribution is 2.48. The zero-order valence-corrected chi connectivity index (χ0v) is 18.2. The van der Waals surface area contributed by atoms with Crippen LogP contribution in [0, 0.1) is 0 Å². The molecule has 0 radical (unpaired) electrons. The van der Waals surface area contributed by atoms with E-state index < -0.39 is 20.6 Å². The van der Waals surface area contributed by atoms with Gasteiger partial charge in [0.05, 0.1) is 17.9 Å². The molecule has 29 heavy (non-hydrogen) atoms. The first-order valence-corrected chi connectivity index (χ1v) is 11.6. The Kier molecular flexibility index (Phi) is 6.49. The van der Waals surface area contributed by atoms with Gasteiger partial charge in [-0.3, -0.25) is 4.79 Å². The van der Waals surface area contributed by atoms with Crippen LogP contribution in [-0.2, 0) is 30.5 Å². The Balaban J connectivity index is 2.25. The summed E-state index contributed by atoms with van der Waals surface area (Å²) in [6.07, 6.45) is 5.46. The first-order valence-electron chi connectivity index (χ1n) is 9.76. The van der Waals surface area contributed by atoms with Crippen LogP contribution in [0.1, 0.15) is 49.8 Å². The number of benzene rings is 2. The molecule has 1 aliphatic rings. The molecule has 0 saturated heterocycles. The number of carbonyl (C=O) groups is 1. The van der Waals surface area contributed by atoms with E-state index >= 15 is 0 Å². The number of esters is 1. The minimum Gasteiger partial charge on any atom is -0.466 e. The van der Waals surface area contributed by atoms with E-state index in [9.17, 15) is 13.2 Å². The number of rotatable bonds is 6. The lowest BCUT2D eigenvalue weighted by atomic mass is 9.79. The highest BCUT2D eigenvalue weighted by molar-refractivity contribution is 7.92. The van der Waals surface area contributed by atoms with Crippen molar-refractivity contribution in [2.75, 3.05) is 6.61 Å². The standard InChI is InChI=1S/C23H25ClO4S/c1-3-6-17-8-9-18-7-5-14-23(21(18)15-17,16-22(25)28-4-2)29(26,27)20-12-10-19(24)11-13-20/h3,6,8-13,15H,4-5,7,14,16H2,1-2H3/b6-3+. The highest BCUT2D eigenvalue weighted by Gasteiger charge is 2.50. The van der Waals surface area contributed by atoms with Gasteiger partial charge >= 0.3 is 5.97 Å². The molecule has 4 nitrogen and oxygen atoms in total. The summed E-state index contributed by atoms with van der Waals surface area (Å²) in [4.78, 5) is 12.7. The molecule has 2 aromatic carbocycles. The summed E-state index contributed by atoms with van der Waals surface area (Å²) in [5.41, 5.74) is 2.57. The SMILES string of the molecule is C/C=C/c1ccc2c(c1)C(CC(=O)OCC)(S(=O)(=O)c1ccc(Cl)cc1)CCC2. The molecule has 0 aromatic heterocycles. The molecule has 0 heterocycles. The van der Waals surface area contributed by atoms with Crippen molar-refractivity contribution in [3.63, 3.8) is 0 Å². The van der Waals surface area contributed by atoms with E-state index in [1.807, 2.05) is 37.3 Å². The predicted molar refractivity (Wildman–Crippen MR) is 116 cm³/mol. The fourth-order valence-corrected chi connectivity index (χ4v) is 6.35. The molecule has 154 valence electrons. The van der Waals surface area contributed by atoms with E-state index in [4.69, 9.17) is 16.3 Å². The van der Waals surface area contributed by atoms with Crippen LogP contribution in [0.2, 0.25) is 5.02 Å². The number of aryl methyl sites for hydroxylation is 1. The van der Waals surface area contributed by atoms with Crippen molar-refractivity contribution in [1.29, 1.82) is 0 Å². The Morgan fingerprint density at radius 3 is 2.59 bits per heavy atom. The molecule has 2 aromatic rings. The Bertz CT molecular complexity index is 1030. The van der Waals surface area contributed by atoms with Crippen molar-refractivity contribution in [1.82, 2.24) is 0 Å². The highest BCUT2D eigenvalue weighted by atomic mass is 35.5. The van der Waals surface area contributed by atoms with Crippen molar-refractivity contribution < 1.29 is 17.9 Å². The Hall–Kier alpha value is -2.11. The summed E-state index contributed by atoms with van der Waals surface area (Å²) in [5.74, 6) is -0.505. The second-order valence-electron chi connectivity index (χ2n) is 7.20. The van der Waals surface area contributed by atoms with E-state index in [1.165, 1.54) is 12.1 Å². The number of halogens is 1. The summed E-state index contributed by atoms with van der Waals surface area (Å²) >= 11 is 5.97. The lowest BCUT2D eigenvalue weighted by Gasteiger charge is -2.38. The first kappa shape index (κ1) is 21.6. The van der Waals surface area contributed by atoms with Gasteiger partial charge in [-0.2, -0.15) is 0 Å². The molecule has 0 fully saturated rings. The molecular weight excluding hydrogens is 408 g/mol. The van der Waals surface area contributed by atoms with Gasteiger partial charge in [-0.1, -0.05) is 35.9 Å². The molecule has 0 amide bonds. The number of ether oxygens (including phenoxy) is 1. The number of carbonyl (C=O) groups excluding carboxylic acids is 1. The second kappa shape index (κ2) is 8.72. The average molecular weight is 433 g/mol. The fourth-order valence-electron chi connectivity index (χ4n) is 4.07. The van der Waals surface area contributed by atoms with Crippen LogP contribution >= 0.6 is 11.6 Å². The van der Waals surface area contributed by atoms with E-state index in [2.05, 4.69) is 0 Å². The van der Waals surface area contributed by atoms with Crippen LogP contribution in [0.5, 0.6) is 0 Å². The molecule has 6 heteroatoms. The Labute approximate surface area is 177 Å². The van der Waals surface area contributed by atoms with E-state index in [-0.39, 0.29) is 17.9 Å². The molecule has 0 bridgehead atoms. The summed E-state index contributed by atoms with van der Waals surface area (Å²) < 4.78 is 31.7. The van der Waals surface area contributed by atoms with Gasteiger partial charge in [-0.25, -0.2) is 8.42 Å². The molecular formula is C23H25ClO4S. The lowest BCUT2D eigenvalue weighted by molar-refractivity contribution is -0.144. The van der Waals surface area contributed by atoms with Gasteiger partial charge in [0.25, 0.3) is 0 Å². The van der Waals surface area contributed by atoms with E-state index in [1.54, 1.807) is 19.1 Å². The van der Waals surface area contributed by atoms with Crippen LogP contribution in [0.15, 0.2) is 53.4 Å². The Morgan fingerprint density at radius 2 is 1.93 bits per heavy atom. The van der Waals surface area contributed by atoms with E-state index in [0.29, 0.717) is 23.4 Å². The van der Waals surface area contributed by atoms with Crippen molar-refractivity contribution in [3.05, 3.63) is 70.3 Å². The van der Waals surface area contributed by atoms with Crippen molar-refractivity contribution in [2.24, 2.45) is 0 Å². The second-order valence-corrected chi connectivity index (χ2v) is 9.90. The summed E-state index contributed by atoms with van der Waals surface area (Å²) in [6.45, 7) is 3.84. The molecule has 0 N–H and O–H groups in total. The van der Waals surface area contributed by atoms with Crippen LogP contribution in [-0.4, -0.2) is 21.0 Å². The minimum atomic E-state index is -3.88. The van der Waals surface area contributed by atoms with Crippen LogP contribution in [0.4, 0.5) is 0 Å². The number of fused-ring (bicyclic) bond motifs is 1. The van der Waals surface area contributed by atoms with Gasteiger partial charge in [0.1, 0.15) is 4.75 Å². The maximum absolute atomic E-state index is 13.9. The van der Waals surface area contributed by atoms with Crippen LogP contribution < -0.4 is 0 Å². The van der Waals surface area contributed by atoms with Crippen molar-refractivity contribution in [2.45, 2.75) is 49.2 Å². The summed E-state index contributed by atoms with van der Waals surface area (Å²) in [7, 11) is -3.88. The largest absolute Gasteiger partial charge is 0.466 e. The minimum absolute atomic E-state index is 0.162. The normalized spacial score (nSPS) is 19.1. The van der Waals surface area contributed by atoms with Crippen molar-refractivity contribution in [3.8, 4) is 0 Å². The zero-order valence-electron chi connectivity index (χ0n) is 16.7. The van der Waals surface area contributed by atoms with Crippen molar-refractivity contribution >= 4 is 33.5 Å². The summed E-state index contributed by atoms with van der Waals surface area (Å²) in [5, 5.41) is 0.461. The maximum atomic E-state index is 13.9. The molecule has 0 saturated carbocycles. The molecule has 1 aliphatic carbocycles. The Morgan fingerprint density at radius 1 is 1.21 bits per heavy atom. The molecule has 0 spiro atoms. The third-order valence-electron chi connectivity index (χ3n) is 5.38. The van der Waals surface area contributed by atoms with Crippen LogP contribution in [0.25, 0.3) is 6.08 Å². The van der Waals surface area contributed by atoms with Gasteiger partial charge in [0.15, 0.2) is 9.84 Å². The monoisotopic (exact) mass is 432 g/mol.